The minimum absolute atomic E-state index is 0.137. The number of nitrogens with one attached hydrogen (secondary N) is 2. The Morgan fingerprint density at radius 2 is 2.12 bits per heavy atom. The first-order valence-corrected chi connectivity index (χ1v) is 8.39. The van der Waals surface area contributed by atoms with Gasteiger partial charge in [-0.25, -0.2) is 4.79 Å². The molecular weight excluding hydrogens is 360 g/mol. The number of aryl methyl sites for hydroxylation is 1. The van der Waals surface area contributed by atoms with Crippen molar-refractivity contribution < 1.29 is 18.8 Å². The second-order valence-corrected chi connectivity index (χ2v) is 6.02. The van der Waals surface area contributed by atoms with Crippen LogP contribution in [0.1, 0.15) is 12.2 Å². The Hall–Kier alpha value is -2.58. The number of carbonyl (C=O) groups excluding carboxylic acids is 2. The van der Waals surface area contributed by atoms with Crippen molar-refractivity contribution in [3.8, 4) is 0 Å². The van der Waals surface area contributed by atoms with Crippen molar-refractivity contribution in [2.45, 2.75) is 13.3 Å². The van der Waals surface area contributed by atoms with Gasteiger partial charge in [0.2, 0.25) is 5.91 Å². The van der Waals surface area contributed by atoms with Gasteiger partial charge < -0.3 is 24.8 Å². The van der Waals surface area contributed by atoms with E-state index in [0.29, 0.717) is 41.9 Å². The minimum atomic E-state index is -0.408. The third-order valence-electron chi connectivity index (χ3n) is 3.37. The lowest BCUT2D eigenvalue weighted by Crippen LogP contribution is -2.41. The number of rotatable bonds is 8. The Balaban J connectivity index is 1.99. The number of hydrogen-bond donors (Lipinski definition) is 2. The number of halogens is 1. The van der Waals surface area contributed by atoms with Crippen molar-refractivity contribution >= 4 is 35.0 Å². The third kappa shape index (κ3) is 6.38. The largest absolute Gasteiger partial charge is 0.385 e. The van der Waals surface area contributed by atoms with Gasteiger partial charge in [0.1, 0.15) is 12.3 Å². The molecule has 9 heteroatoms. The van der Waals surface area contributed by atoms with E-state index in [1.807, 2.05) is 0 Å². The first-order chi connectivity index (χ1) is 12.5. The summed E-state index contributed by atoms with van der Waals surface area (Å²) in [6, 6.07) is 7.97. The van der Waals surface area contributed by atoms with Gasteiger partial charge >= 0.3 is 6.03 Å². The zero-order valence-corrected chi connectivity index (χ0v) is 15.4. The van der Waals surface area contributed by atoms with Crippen LogP contribution >= 0.6 is 11.6 Å². The Morgan fingerprint density at radius 1 is 1.31 bits per heavy atom. The molecule has 1 aromatic carbocycles. The van der Waals surface area contributed by atoms with Gasteiger partial charge in [-0.3, -0.25) is 4.79 Å². The van der Waals surface area contributed by atoms with E-state index in [4.69, 9.17) is 20.9 Å². The van der Waals surface area contributed by atoms with Crippen molar-refractivity contribution in [3.05, 3.63) is 41.1 Å². The molecule has 0 aliphatic rings. The number of carbonyl (C=O) groups is 2. The smallest absolute Gasteiger partial charge is 0.322 e. The molecule has 0 bridgehead atoms. The van der Waals surface area contributed by atoms with E-state index in [2.05, 4.69) is 15.8 Å². The fraction of sp³-hybridized carbons (Fsp3) is 0.353. The van der Waals surface area contributed by atoms with Gasteiger partial charge in [0, 0.05) is 37.0 Å². The summed E-state index contributed by atoms with van der Waals surface area (Å²) in [5.41, 5.74) is 0.548. The monoisotopic (exact) mass is 380 g/mol. The van der Waals surface area contributed by atoms with Crippen LogP contribution in [0.15, 0.2) is 34.9 Å². The van der Waals surface area contributed by atoms with Crippen molar-refractivity contribution in [1.29, 1.82) is 0 Å². The van der Waals surface area contributed by atoms with Crippen LogP contribution in [-0.2, 0) is 9.53 Å². The molecule has 2 rings (SSSR count). The zero-order chi connectivity index (χ0) is 18.9. The van der Waals surface area contributed by atoms with Crippen molar-refractivity contribution in [2.24, 2.45) is 0 Å². The van der Waals surface area contributed by atoms with E-state index in [1.165, 1.54) is 4.90 Å². The lowest BCUT2D eigenvalue weighted by molar-refractivity contribution is -0.116. The molecule has 140 valence electrons. The molecule has 0 saturated heterocycles. The molecule has 2 N–H and O–H groups in total. The number of methoxy groups -OCH3 is 1. The maximum Gasteiger partial charge on any atom is 0.322 e. The molecule has 0 spiro atoms. The number of hydrogen-bond acceptors (Lipinski definition) is 5. The molecule has 0 aliphatic heterocycles. The highest BCUT2D eigenvalue weighted by Crippen LogP contribution is 2.15. The van der Waals surface area contributed by atoms with Crippen LogP contribution in [-0.4, -0.2) is 48.8 Å². The summed E-state index contributed by atoms with van der Waals surface area (Å²) < 4.78 is 9.91. The van der Waals surface area contributed by atoms with Gasteiger partial charge in [0.05, 0.1) is 0 Å². The van der Waals surface area contributed by atoms with Crippen LogP contribution in [0.4, 0.5) is 16.3 Å². The molecule has 0 fully saturated rings. The molecule has 26 heavy (non-hydrogen) atoms. The Morgan fingerprint density at radius 3 is 2.77 bits per heavy atom. The van der Waals surface area contributed by atoms with Crippen LogP contribution in [0, 0.1) is 6.92 Å². The summed E-state index contributed by atoms with van der Waals surface area (Å²) in [5, 5.41) is 9.53. The molecule has 2 aromatic rings. The molecule has 0 atom stereocenters. The maximum absolute atomic E-state index is 12.5. The predicted molar refractivity (Wildman–Crippen MR) is 98.4 cm³/mol. The average Bonchev–Trinajstić information content (AvgIpc) is 2.99. The van der Waals surface area contributed by atoms with E-state index < -0.39 is 6.03 Å². The van der Waals surface area contributed by atoms with E-state index >= 15 is 0 Å². The lowest BCUT2D eigenvalue weighted by Gasteiger charge is -2.22. The van der Waals surface area contributed by atoms with Gasteiger partial charge in [0.25, 0.3) is 0 Å². The molecule has 0 aliphatic carbocycles. The molecule has 0 radical (unpaired) electrons. The van der Waals surface area contributed by atoms with Gasteiger partial charge in [-0.2, -0.15) is 0 Å². The van der Waals surface area contributed by atoms with Crippen LogP contribution in [0.25, 0.3) is 0 Å². The minimum Gasteiger partial charge on any atom is -0.385 e. The molecule has 1 aromatic heterocycles. The zero-order valence-electron chi connectivity index (χ0n) is 14.6. The number of ether oxygens (including phenoxy) is 1. The summed E-state index contributed by atoms with van der Waals surface area (Å²) in [6.07, 6.45) is 0.593. The topological polar surface area (TPSA) is 96.7 Å². The van der Waals surface area contributed by atoms with E-state index in [-0.39, 0.29) is 12.5 Å². The standard InChI is InChI=1S/C17H21ClN4O4/c1-12-9-15(21-26-12)20-16(23)11-22(7-4-8-25-2)17(24)19-14-6-3-5-13(18)10-14/h3,5-6,9-10H,4,7-8,11H2,1-2H3,(H,19,24)(H,20,21,23). The lowest BCUT2D eigenvalue weighted by atomic mass is 10.3. The Bertz CT molecular complexity index is 750. The highest BCUT2D eigenvalue weighted by molar-refractivity contribution is 6.30. The molecular formula is C17H21ClN4O4. The Labute approximate surface area is 156 Å². The van der Waals surface area contributed by atoms with Crippen LogP contribution in [0.3, 0.4) is 0 Å². The number of benzene rings is 1. The third-order valence-corrected chi connectivity index (χ3v) is 3.60. The van der Waals surface area contributed by atoms with Gasteiger partial charge in [0.15, 0.2) is 5.82 Å². The summed E-state index contributed by atoms with van der Waals surface area (Å²) >= 11 is 5.93. The van der Waals surface area contributed by atoms with Crippen molar-refractivity contribution in [2.75, 3.05) is 37.4 Å². The van der Waals surface area contributed by atoms with Crippen molar-refractivity contribution in [1.82, 2.24) is 10.1 Å². The molecule has 0 unspecified atom stereocenters. The number of aromatic nitrogens is 1. The highest BCUT2D eigenvalue weighted by Gasteiger charge is 2.18. The predicted octanol–water partition coefficient (Wildman–Crippen LogP) is 3.15. The number of anilines is 2. The first-order valence-electron chi connectivity index (χ1n) is 8.01. The quantitative estimate of drug-likeness (QED) is 0.686. The Kier molecular flexibility index (Phi) is 7.43. The molecule has 3 amide bonds. The van der Waals surface area contributed by atoms with E-state index in [1.54, 1.807) is 44.4 Å². The SMILES string of the molecule is COCCCN(CC(=O)Nc1cc(C)on1)C(=O)Nc1cccc(Cl)c1. The normalized spacial score (nSPS) is 10.4. The highest BCUT2D eigenvalue weighted by atomic mass is 35.5. The van der Waals surface area contributed by atoms with Crippen LogP contribution in [0.5, 0.6) is 0 Å². The second-order valence-electron chi connectivity index (χ2n) is 5.58. The van der Waals surface area contributed by atoms with Crippen LogP contribution in [0.2, 0.25) is 5.02 Å². The summed E-state index contributed by atoms with van der Waals surface area (Å²) in [5.74, 6) is 0.507. The fourth-order valence-electron chi connectivity index (χ4n) is 2.20. The summed E-state index contributed by atoms with van der Waals surface area (Å²) in [6.45, 7) is 2.41. The van der Waals surface area contributed by atoms with Gasteiger partial charge in [-0.1, -0.05) is 22.8 Å². The molecule has 1 heterocycles. The van der Waals surface area contributed by atoms with E-state index in [0.717, 1.165) is 0 Å². The number of nitrogens with zero attached hydrogens (tertiary/aromatic N) is 2. The van der Waals surface area contributed by atoms with Gasteiger partial charge in [-0.15, -0.1) is 0 Å². The summed E-state index contributed by atoms with van der Waals surface area (Å²) in [4.78, 5) is 26.1. The average molecular weight is 381 g/mol. The van der Waals surface area contributed by atoms with Crippen molar-refractivity contribution in [3.63, 3.8) is 0 Å². The molecule has 0 saturated carbocycles. The number of amides is 3. The number of urea groups is 1. The summed E-state index contributed by atoms with van der Waals surface area (Å²) in [7, 11) is 1.58. The van der Waals surface area contributed by atoms with Crippen LogP contribution < -0.4 is 10.6 Å². The maximum atomic E-state index is 12.5. The first kappa shape index (κ1) is 19.7. The second kappa shape index (κ2) is 9.79. The van der Waals surface area contributed by atoms with Gasteiger partial charge in [-0.05, 0) is 31.5 Å². The molecule has 8 nitrogen and oxygen atoms in total. The fourth-order valence-corrected chi connectivity index (χ4v) is 2.39. The van der Waals surface area contributed by atoms with E-state index in [9.17, 15) is 9.59 Å².